The molecule has 0 aliphatic heterocycles. The molecule has 3 N–H and O–H groups in total. The van der Waals surface area contributed by atoms with Crippen molar-refractivity contribution in [3.8, 4) is 0 Å². The van der Waals surface area contributed by atoms with Crippen LogP contribution in [0, 0.1) is 0 Å². The lowest BCUT2D eigenvalue weighted by atomic mass is 10.1. The van der Waals surface area contributed by atoms with Gasteiger partial charge < -0.3 is 15.8 Å². The van der Waals surface area contributed by atoms with Gasteiger partial charge in [0.1, 0.15) is 0 Å². The lowest BCUT2D eigenvalue weighted by molar-refractivity contribution is 0.133. The van der Waals surface area contributed by atoms with Gasteiger partial charge in [-0.25, -0.2) is 4.99 Å². The van der Waals surface area contributed by atoms with Gasteiger partial charge in [-0.3, -0.25) is 0 Å². The lowest BCUT2D eigenvalue weighted by Crippen LogP contribution is -2.32. The van der Waals surface area contributed by atoms with E-state index in [2.05, 4.69) is 29.4 Å². The molecule has 0 fully saturated rings. The molecule has 0 radical (unpaired) electrons. The molecular formula is C17H29N3O. The molecule has 0 spiro atoms. The lowest BCUT2D eigenvalue weighted by Gasteiger charge is -2.09. The van der Waals surface area contributed by atoms with Crippen molar-refractivity contribution >= 4 is 5.96 Å². The molecule has 21 heavy (non-hydrogen) atoms. The molecule has 0 atom stereocenters. The number of aliphatic imine (C=N–C) groups is 1. The van der Waals surface area contributed by atoms with Crippen molar-refractivity contribution in [1.82, 2.24) is 5.32 Å². The first-order valence-electron chi connectivity index (χ1n) is 7.96. The van der Waals surface area contributed by atoms with E-state index >= 15 is 0 Å². The maximum atomic E-state index is 5.89. The van der Waals surface area contributed by atoms with Crippen molar-refractivity contribution < 1.29 is 4.74 Å². The van der Waals surface area contributed by atoms with Crippen LogP contribution in [0.3, 0.4) is 0 Å². The van der Waals surface area contributed by atoms with Crippen molar-refractivity contribution in [2.75, 3.05) is 13.2 Å². The summed E-state index contributed by atoms with van der Waals surface area (Å²) in [6.45, 7) is 7.06. The van der Waals surface area contributed by atoms with Gasteiger partial charge >= 0.3 is 0 Å². The predicted molar refractivity (Wildman–Crippen MR) is 89.2 cm³/mol. The van der Waals surface area contributed by atoms with Crippen molar-refractivity contribution in [3.63, 3.8) is 0 Å². The fraction of sp³-hybridized carbons (Fsp3) is 0.588. The molecular weight excluding hydrogens is 262 g/mol. The molecule has 0 aliphatic carbocycles. The Labute approximate surface area is 128 Å². The third-order valence-electron chi connectivity index (χ3n) is 3.34. The molecule has 4 heteroatoms. The summed E-state index contributed by atoms with van der Waals surface area (Å²) < 4.78 is 5.47. The largest absolute Gasteiger partial charge is 0.377 e. The molecule has 0 unspecified atom stereocenters. The summed E-state index contributed by atoms with van der Waals surface area (Å²) in [6, 6.07) is 8.20. The van der Waals surface area contributed by atoms with Crippen LogP contribution in [-0.4, -0.2) is 19.1 Å². The molecule has 0 aromatic heterocycles. The first-order chi connectivity index (χ1) is 10.3. The van der Waals surface area contributed by atoms with Crippen molar-refractivity contribution in [2.45, 2.75) is 52.7 Å². The predicted octanol–water partition coefficient (Wildman–Crippen LogP) is 3.21. The van der Waals surface area contributed by atoms with E-state index in [4.69, 9.17) is 10.5 Å². The summed E-state index contributed by atoms with van der Waals surface area (Å²) in [5.74, 6) is 0.526. The average Bonchev–Trinajstić information content (AvgIpc) is 2.51. The van der Waals surface area contributed by atoms with Crippen LogP contribution in [0.15, 0.2) is 29.3 Å². The molecule has 118 valence electrons. The Balaban J connectivity index is 2.40. The highest BCUT2D eigenvalue weighted by Gasteiger charge is 2.01. The third-order valence-corrected chi connectivity index (χ3v) is 3.34. The SMILES string of the molecule is CCCCCCNC(N)=NCc1ccccc1COCC. The minimum absolute atomic E-state index is 0.526. The summed E-state index contributed by atoms with van der Waals surface area (Å²) in [6.07, 6.45) is 4.92. The summed E-state index contributed by atoms with van der Waals surface area (Å²) in [4.78, 5) is 4.41. The van der Waals surface area contributed by atoms with E-state index < -0.39 is 0 Å². The molecule has 0 saturated carbocycles. The van der Waals surface area contributed by atoms with Gasteiger partial charge in [-0.2, -0.15) is 0 Å². The van der Waals surface area contributed by atoms with E-state index in [-0.39, 0.29) is 0 Å². The minimum atomic E-state index is 0.526. The zero-order chi connectivity index (χ0) is 15.3. The molecule has 1 aromatic carbocycles. The van der Waals surface area contributed by atoms with Crippen LogP contribution >= 0.6 is 0 Å². The fourth-order valence-electron chi connectivity index (χ4n) is 2.06. The van der Waals surface area contributed by atoms with Gasteiger partial charge in [-0.1, -0.05) is 50.5 Å². The summed E-state index contributed by atoms with van der Waals surface area (Å²) >= 11 is 0. The number of nitrogens with two attached hydrogens (primary N) is 1. The molecule has 0 heterocycles. The number of benzene rings is 1. The maximum Gasteiger partial charge on any atom is 0.188 e. The maximum absolute atomic E-state index is 5.89. The zero-order valence-electron chi connectivity index (χ0n) is 13.4. The molecule has 1 rings (SSSR count). The van der Waals surface area contributed by atoms with E-state index in [1.165, 1.54) is 30.4 Å². The molecule has 0 aliphatic rings. The van der Waals surface area contributed by atoms with Crippen LogP contribution in [0.1, 0.15) is 50.7 Å². The number of nitrogens with one attached hydrogen (secondary N) is 1. The van der Waals surface area contributed by atoms with Crippen LogP contribution in [0.4, 0.5) is 0 Å². The number of unbranched alkanes of at least 4 members (excludes halogenated alkanes) is 3. The summed E-state index contributed by atoms with van der Waals surface area (Å²) in [5.41, 5.74) is 8.24. The number of rotatable bonds is 10. The summed E-state index contributed by atoms with van der Waals surface area (Å²) in [7, 11) is 0. The highest BCUT2D eigenvalue weighted by molar-refractivity contribution is 5.77. The molecule has 0 amide bonds. The van der Waals surface area contributed by atoms with Crippen LogP contribution in [0.2, 0.25) is 0 Å². The number of ether oxygens (including phenoxy) is 1. The van der Waals surface area contributed by atoms with E-state index in [1.54, 1.807) is 0 Å². The van der Waals surface area contributed by atoms with Crippen molar-refractivity contribution in [2.24, 2.45) is 10.7 Å². The van der Waals surface area contributed by atoms with Gasteiger partial charge in [0.15, 0.2) is 5.96 Å². The van der Waals surface area contributed by atoms with Gasteiger partial charge in [-0.05, 0) is 24.5 Å². The van der Waals surface area contributed by atoms with Crippen LogP contribution in [0.5, 0.6) is 0 Å². The first kappa shape index (κ1) is 17.5. The quantitative estimate of drug-likeness (QED) is 0.395. The Morgan fingerprint density at radius 3 is 2.62 bits per heavy atom. The second-order valence-corrected chi connectivity index (χ2v) is 5.09. The smallest absolute Gasteiger partial charge is 0.188 e. The number of guanidine groups is 1. The van der Waals surface area contributed by atoms with Crippen LogP contribution < -0.4 is 11.1 Å². The van der Waals surface area contributed by atoms with Crippen LogP contribution in [-0.2, 0) is 17.9 Å². The first-order valence-corrected chi connectivity index (χ1v) is 7.96. The topological polar surface area (TPSA) is 59.6 Å². The minimum Gasteiger partial charge on any atom is -0.377 e. The molecule has 4 nitrogen and oxygen atoms in total. The monoisotopic (exact) mass is 291 g/mol. The number of nitrogens with zero attached hydrogens (tertiary/aromatic N) is 1. The Bertz CT molecular complexity index is 418. The Morgan fingerprint density at radius 2 is 1.90 bits per heavy atom. The molecule has 0 bridgehead atoms. The average molecular weight is 291 g/mol. The summed E-state index contributed by atoms with van der Waals surface area (Å²) in [5, 5.41) is 3.17. The molecule has 0 saturated heterocycles. The van der Waals surface area contributed by atoms with Gasteiger partial charge in [0.2, 0.25) is 0 Å². The number of hydrogen-bond donors (Lipinski definition) is 2. The Hall–Kier alpha value is -1.55. The Kier molecular flexibility index (Phi) is 9.29. The van der Waals surface area contributed by atoms with Gasteiger partial charge in [-0.15, -0.1) is 0 Å². The van der Waals surface area contributed by atoms with Crippen molar-refractivity contribution in [3.05, 3.63) is 35.4 Å². The van der Waals surface area contributed by atoms with E-state index in [1.807, 2.05) is 19.1 Å². The fourth-order valence-corrected chi connectivity index (χ4v) is 2.06. The standard InChI is InChI=1S/C17H29N3O/c1-3-5-6-9-12-19-17(18)20-13-15-10-7-8-11-16(15)14-21-4-2/h7-8,10-11H,3-6,9,12-14H2,1-2H3,(H3,18,19,20). The zero-order valence-corrected chi connectivity index (χ0v) is 13.4. The van der Waals surface area contributed by atoms with Gasteiger partial charge in [0, 0.05) is 13.2 Å². The second kappa shape index (κ2) is 11.1. The van der Waals surface area contributed by atoms with Gasteiger partial charge in [0.05, 0.1) is 13.2 Å². The third kappa shape index (κ3) is 7.71. The Morgan fingerprint density at radius 1 is 1.14 bits per heavy atom. The normalized spacial score (nSPS) is 11.6. The molecule has 1 aromatic rings. The highest BCUT2D eigenvalue weighted by Crippen LogP contribution is 2.11. The van der Waals surface area contributed by atoms with E-state index in [0.29, 0.717) is 19.1 Å². The highest BCUT2D eigenvalue weighted by atomic mass is 16.5. The van der Waals surface area contributed by atoms with Crippen LogP contribution in [0.25, 0.3) is 0 Å². The van der Waals surface area contributed by atoms with E-state index in [9.17, 15) is 0 Å². The van der Waals surface area contributed by atoms with Gasteiger partial charge in [0.25, 0.3) is 0 Å². The van der Waals surface area contributed by atoms with Crippen molar-refractivity contribution in [1.29, 1.82) is 0 Å². The number of hydrogen-bond acceptors (Lipinski definition) is 2. The van der Waals surface area contributed by atoms with E-state index in [0.717, 1.165) is 19.6 Å². The second-order valence-electron chi connectivity index (χ2n) is 5.09.